The predicted octanol–water partition coefficient (Wildman–Crippen LogP) is 3.77. The fourth-order valence-electron chi connectivity index (χ4n) is 2.08. The monoisotopic (exact) mass is 397 g/mol. The molecule has 3 nitrogen and oxygen atoms in total. The molecule has 0 atom stereocenters. The number of rotatable bonds is 7. The van der Waals surface area contributed by atoms with Crippen molar-refractivity contribution >= 4 is 22.6 Å². The van der Waals surface area contributed by atoms with Gasteiger partial charge in [0.15, 0.2) is 11.5 Å². The molecular weight excluding hydrogens is 377 g/mol. The summed E-state index contributed by atoms with van der Waals surface area (Å²) in [5.41, 5.74) is 7.91. The minimum absolute atomic E-state index is 0.526. The van der Waals surface area contributed by atoms with E-state index >= 15 is 0 Å². The summed E-state index contributed by atoms with van der Waals surface area (Å²) < 4.78 is 12.9. The van der Waals surface area contributed by atoms with Gasteiger partial charge in [0, 0.05) is 3.57 Å². The number of para-hydroxylation sites is 1. The standard InChI is InChI=1S/C17H20INO2/c1-2-20-16-5-3-4-14(10-11-19)17(16)21-12-13-6-8-15(18)9-7-13/h3-9H,2,10-12,19H2,1H3. The average molecular weight is 397 g/mol. The molecule has 4 heteroatoms. The molecule has 21 heavy (non-hydrogen) atoms. The molecule has 0 radical (unpaired) electrons. The third kappa shape index (κ3) is 4.61. The second kappa shape index (κ2) is 8.24. The molecule has 0 aromatic heterocycles. The van der Waals surface area contributed by atoms with Gasteiger partial charge in [0.2, 0.25) is 0 Å². The van der Waals surface area contributed by atoms with E-state index in [1.54, 1.807) is 0 Å². The lowest BCUT2D eigenvalue weighted by Gasteiger charge is -2.15. The molecule has 2 rings (SSSR count). The van der Waals surface area contributed by atoms with E-state index in [0.29, 0.717) is 19.8 Å². The second-order valence-corrected chi connectivity index (χ2v) is 5.88. The van der Waals surface area contributed by atoms with Gasteiger partial charge in [-0.2, -0.15) is 0 Å². The molecule has 0 amide bonds. The van der Waals surface area contributed by atoms with E-state index in [1.807, 2.05) is 25.1 Å². The lowest BCUT2D eigenvalue weighted by molar-refractivity contribution is 0.266. The molecule has 2 aromatic carbocycles. The van der Waals surface area contributed by atoms with Crippen LogP contribution in [0.2, 0.25) is 0 Å². The van der Waals surface area contributed by atoms with Crippen LogP contribution >= 0.6 is 22.6 Å². The summed E-state index contributed by atoms with van der Waals surface area (Å²) in [6.07, 6.45) is 0.781. The van der Waals surface area contributed by atoms with Gasteiger partial charge in [0.1, 0.15) is 6.61 Å². The lowest BCUT2D eigenvalue weighted by atomic mass is 10.1. The van der Waals surface area contributed by atoms with Crippen molar-refractivity contribution in [2.24, 2.45) is 5.73 Å². The predicted molar refractivity (Wildman–Crippen MR) is 93.9 cm³/mol. The highest BCUT2D eigenvalue weighted by atomic mass is 127. The fourth-order valence-corrected chi connectivity index (χ4v) is 2.44. The number of hydrogen-bond acceptors (Lipinski definition) is 3. The number of ether oxygens (including phenoxy) is 2. The van der Waals surface area contributed by atoms with Crippen LogP contribution in [-0.4, -0.2) is 13.2 Å². The van der Waals surface area contributed by atoms with Crippen LogP contribution in [0.3, 0.4) is 0 Å². The van der Waals surface area contributed by atoms with Crippen molar-refractivity contribution in [1.29, 1.82) is 0 Å². The van der Waals surface area contributed by atoms with E-state index in [4.69, 9.17) is 15.2 Å². The molecular formula is C17H20INO2. The molecule has 2 N–H and O–H groups in total. The Morgan fingerprint density at radius 3 is 2.48 bits per heavy atom. The van der Waals surface area contributed by atoms with Crippen molar-refractivity contribution in [3.8, 4) is 11.5 Å². The molecule has 0 bridgehead atoms. The first kappa shape index (κ1) is 16.1. The van der Waals surface area contributed by atoms with Gasteiger partial charge in [0.05, 0.1) is 6.61 Å². The zero-order valence-electron chi connectivity index (χ0n) is 12.1. The summed E-state index contributed by atoms with van der Waals surface area (Å²) in [5.74, 6) is 1.59. The maximum absolute atomic E-state index is 6.02. The molecule has 0 saturated carbocycles. The van der Waals surface area contributed by atoms with Crippen LogP contribution in [0.25, 0.3) is 0 Å². The maximum Gasteiger partial charge on any atom is 0.164 e. The molecule has 2 aromatic rings. The third-order valence-electron chi connectivity index (χ3n) is 3.07. The highest BCUT2D eigenvalue weighted by Crippen LogP contribution is 2.32. The normalized spacial score (nSPS) is 10.4. The van der Waals surface area contributed by atoms with Crippen molar-refractivity contribution in [1.82, 2.24) is 0 Å². The molecule has 0 aliphatic heterocycles. The van der Waals surface area contributed by atoms with Gasteiger partial charge >= 0.3 is 0 Å². The molecule has 0 spiro atoms. The second-order valence-electron chi connectivity index (χ2n) is 4.63. The van der Waals surface area contributed by atoms with E-state index in [2.05, 4.69) is 46.9 Å². The van der Waals surface area contributed by atoms with Gasteiger partial charge in [-0.15, -0.1) is 0 Å². The Labute approximate surface area is 139 Å². The summed E-state index contributed by atoms with van der Waals surface area (Å²) >= 11 is 2.29. The van der Waals surface area contributed by atoms with Gasteiger partial charge in [-0.05, 0) is 71.8 Å². The van der Waals surface area contributed by atoms with Crippen LogP contribution in [-0.2, 0) is 13.0 Å². The molecule has 112 valence electrons. The Bertz CT molecular complexity index is 545. The quantitative estimate of drug-likeness (QED) is 0.724. The van der Waals surface area contributed by atoms with Crippen molar-refractivity contribution in [2.45, 2.75) is 20.0 Å². The third-order valence-corrected chi connectivity index (χ3v) is 3.79. The SMILES string of the molecule is CCOc1cccc(CCN)c1OCc1ccc(I)cc1. The number of halogens is 1. The van der Waals surface area contributed by atoms with Crippen molar-refractivity contribution in [3.05, 3.63) is 57.2 Å². The summed E-state index contributed by atoms with van der Waals surface area (Å²) in [6, 6.07) is 14.3. The highest BCUT2D eigenvalue weighted by molar-refractivity contribution is 14.1. The van der Waals surface area contributed by atoms with Gasteiger partial charge in [-0.3, -0.25) is 0 Å². The van der Waals surface area contributed by atoms with Crippen LogP contribution < -0.4 is 15.2 Å². The van der Waals surface area contributed by atoms with Gasteiger partial charge < -0.3 is 15.2 Å². The molecule has 0 saturated heterocycles. The van der Waals surface area contributed by atoms with E-state index in [-0.39, 0.29) is 0 Å². The first-order chi connectivity index (χ1) is 10.2. The lowest BCUT2D eigenvalue weighted by Crippen LogP contribution is -2.07. The average Bonchev–Trinajstić information content (AvgIpc) is 2.49. The number of hydrogen-bond donors (Lipinski definition) is 1. The summed E-state index contributed by atoms with van der Waals surface area (Å²) in [7, 11) is 0. The minimum Gasteiger partial charge on any atom is -0.490 e. The van der Waals surface area contributed by atoms with E-state index in [1.165, 1.54) is 3.57 Å². The van der Waals surface area contributed by atoms with Crippen LogP contribution in [0.15, 0.2) is 42.5 Å². The summed E-state index contributed by atoms with van der Waals surface area (Å²) in [4.78, 5) is 0. The maximum atomic E-state index is 6.02. The first-order valence-electron chi connectivity index (χ1n) is 7.06. The van der Waals surface area contributed by atoms with E-state index in [0.717, 1.165) is 29.0 Å². The smallest absolute Gasteiger partial charge is 0.164 e. The fraction of sp³-hybridized carbons (Fsp3) is 0.294. The Balaban J connectivity index is 2.17. The number of nitrogens with two attached hydrogens (primary N) is 1. The zero-order valence-corrected chi connectivity index (χ0v) is 14.3. The van der Waals surface area contributed by atoms with Crippen LogP contribution in [0.4, 0.5) is 0 Å². The Morgan fingerprint density at radius 2 is 1.81 bits per heavy atom. The largest absolute Gasteiger partial charge is 0.490 e. The van der Waals surface area contributed by atoms with Crippen molar-refractivity contribution in [2.75, 3.05) is 13.2 Å². The van der Waals surface area contributed by atoms with Gasteiger partial charge in [0.25, 0.3) is 0 Å². The molecule has 0 unspecified atom stereocenters. The summed E-state index contributed by atoms with van der Waals surface area (Å²) in [6.45, 7) is 3.71. The van der Waals surface area contributed by atoms with Crippen LogP contribution in [0.1, 0.15) is 18.1 Å². The van der Waals surface area contributed by atoms with Gasteiger partial charge in [-0.1, -0.05) is 24.3 Å². The zero-order chi connectivity index (χ0) is 15.1. The Kier molecular flexibility index (Phi) is 6.32. The minimum atomic E-state index is 0.526. The van der Waals surface area contributed by atoms with Crippen molar-refractivity contribution in [3.63, 3.8) is 0 Å². The Hall–Kier alpha value is -1.27. The molecule has 0 aliphatic carbocycles. The molecule has 0 heterocycles. The molecule has 0 aliphatic rings. The van der Waals surface area contributed by atoms with Crippen LogP contribution in [0.5, 0.6) is 11.5 Å². The molecule has 0 fully saturated rings. The Morgan fingerprint density at radius 1 is 1.05 bits per heavy atom. The number of benzene rings is 2. The van der Waals surface area contributed by atoms with E-state index < -0.39 is 0 Å². The first-order valence-corrected chi connectivity index (χ1v) is 8.14. The van der Waals surface area contributed by atoms with Gasteiger partial charge in [-0.25, -0.2) is 0 Å². The van der Waals surface area contributed by atoms with Crippen LogP contribution in [0, 0.1) is 3.57 Å². The summed E-state index contributed by atoms with van der Waals surface area (Å²) in [5, 5.41) is 0. The van der Waals surface area contributed by atoms with E-state index in [9.17, 15) is 0 Å². The highest BCUT2D eigenvalue weighted by Gasteiger charge is 2.10. The van der Waals surface area contributed by atoms with Crippen molar-refractivity contribution < 1.29 is 9.47 Å². The topological polar surface area (TPSA) is 44.5 Å².